The summed E-state index contributed by atoms with van der Waals surface area (Å²) in [5.74, 6) is -0.344. The van der Waals surface area contributed by atoms with Crippen LogP contribution >= 0.6 is 0 Å². The number of nitrogens with zero attached hydrogens (tertiary/aromatic N) is 1. The van der Waals surface area contributed by atoms with Crippen LogP contribution in [0.4, 0.5) is 14.9 Å². The van der Waals surface area contributed by atoms with E-state index in [0.717, 1.165) is 0 Å². The highest BCUT2D eigenvalue weighted by Crippen LogP contribution is 2.23. The van der Waals surface area contributed by atoms with E-state index in [2.05, 4.69) is 5.32 Å². The third-order valence-corrected chi connectivity index (χ3v) is 5.33. The minimum absolute atomic E-state index is 0.0526. The lowest BCUT2D eigenvalue weighted by Crippen LogP contribution is -2.51. The second-order valence-corrected chi connectivity index (χ2v) is 7.55. The highest BCUT2D eigenvalue weighted by molar-refractivity contribution is 7.91. The van der Waals surface area contributed by atoms with Gasteiger partial charge in [-0.1, -0.05) is 0 Å². The number of nitrogens with one attached hydrogen (secondary N) is 1. The maximum absolute atomic E-state index is 12.8. The molecule has 5 nitrogen and oxygen atoms in total. The van der Waals surface area contributed by atoms with Gasteiger partial charge in [0.05, 0.1) is 17.0 Å². The predicted molar refractivity (Wildman–Crippen MR) is 75.0 cm³/mol. The lowest BCUT2D eigenvalue weighted by Gasteiger charge is -2.27. The molecule has 1 saturated heterocycles. The van der Waals surface area contributed by atoms with Gasteiger partial charge in [-0.15, -0.1) is 0 Å². The molecule has 1 aliphatic rings. The number of halogens is 1. The van der Waals surface area contributed by atoms with Crippen molar-refractivity contribution in [2.75, 3.05) is 23.5 Å². The zero-order valence-electron chi connectivity index (χ0n) is 11.4. The van der Waals surface area contributed by atoms with Crippen LogP contribution in [0.25, 0.3) is 0 Å². The minimum atomic E-state index is -3.08. The molecule has 2 rings (SSSR count). The average molecular weight is 300 g/mol. The van der Waals surface area contributed by atoms with E-state index in [1.54, 1.807) is 14.0 Å². The van der Waals surface area contributed by atoms with Crippen LogP contribution < -0.4 is 10.2 Å². The van der Waals surface area contributed by atoms with E-state index in [1.807, 2.05) is 0 Å². The van der Waals surface area contributed by atoms with Gasteiger partial charge in [-0.2, -0.15) is 0 Å². The summed E-state index contributed by atoms with van der Waals surface area (Å²) in [4.78, 5) is 13.5. The van der Waals surface area contributed by atoms with Crippen LogP contribution in [0.2, 0.25) is 0 Å². The van der Waals surface area contributed by atoms with Crippen molar-refractivity contribution < 1.29 is 17.6 Å². The summed E-state index contributed by atoms with van der Waals surface area (Å²) in [6, 6.07) is 5.10. The van der Waals surface area contributed by atoms with E-state index < -0.39 is 21.4 Å². The molecule has 2 amide bonds. The average Bonchev–Trinajstić information content (AvgIpc) is 2.63. The molecule has 1 heterocycles. The molecule has 1 N–H and O–H groups in total. The first-order chi connectivity index (χ1) is 9.21. The normalized spacial score (nSPS) is 24.4. The standard InChI is InChI=1S/C13H17FN2O3S/c1-13(7-8-20(18,19)9-13)15-12(17)16(2)11-5-3-10(14)4-6-11/h3-6H,7-9H2,1-2H3,(H,15,17)/t13-/m1/s1. The molecule has 0 aliphatic carbocycles. The summed E-state index contributed by atoms with van der Waals surface area (Å²) in [7, 11) is -1.53. The smallest absolute Gasteiger partial charge is 0.322 e. The van der Waals surface area contributed by atoms with E-state index in [9.17, 15) is 17.6 Å². The summed E-state index contributed by atoms with van der Waals surface area (Å²) in [5, 5.41) is 2.74. The van der Waals surface area contributed by atoms with Gasteiger partial charge in [0, 0.05) is 12.7 Å². The quantitative estimate of drug-likeness (QED) is 0.901. The number of amides is 2. The fourth-order valence-electron chi connectivity index (χ4n) is 2.23. The van der Waals surface area contributed by atoms with Crippen LogP contribution in [-0.2, 0) is 9.84 Å². The first-order valence-electron chi connectivity index (χ1n) is 6.23. The third-order valence-electron chi connectivity index (χ3n) is 3.43. The summed E-state index contributed by atoms with van der Waals surface area (Å²) < 4.78 is 35.8. The van der Waals surface area contributed by atoms with Crippen LogP contribution in [-0.4, -0.2) is 38.5 Å². The van der Waals surface area contributed by atoms with Gasteiger partial charge in [-0.3, -0.25) is 4.90 Å². The maximum atomic E-state index is 12.8. The molecule has 0 aromatic heterocycles. The van der Waals surface area contributed by atoms with Crippen molar-refractivity contribution in [3.63, 3.8) is 0 Å². The second kappa shape index (κ2) is 5.05. The molecule has 7 heteroatoms. The number of hydrogen-bond donors (Lipinski definition) is 1. The van der Waals surface area contributed by atoms with Gasteiger partial charge in [0.25, 0.3) is 0 Å². The van der Waals surface area contributed by atoms with E-state index in [0.29, 0.717) is 12.1 Å². The van der Waals surface area contributed by atoms with Crippen molar-refractivity contribution in [2.45, 2.75) is 18.9 Å². The van der Waals surface area contributed by atoms with Crippen molar-refractivity contribution in [1.82, 2.24) is 5.32 Å². The van der Waals surface area contributed by atoms with Crippen molar-refractivity contribution >= 4 is 21.6 Å². The molecule has 1 aromatic rings. The van der Waals surface area contributed by atoms with E-state index in [4.69, 9.17) is 0 Å². The lowest BCUT2D eigenvalue weighted by atomic mass is 10.0. The van der Waals surface area contributed by atoms with Crippen LogP contribution in [0.5, 0.6) is 0 Å². The largest absolute Gasteiger partial charge is 0.331 e. The number of carbonyl (C=O) groups excluding carboxylic acids is 1. The second-order valence-electron chi connectivity index (χ2n) is 5.37. The fraction of sp³-hybridized carbons (Fsp3) is 0.462. The molecule has 0 bridgehead atoms. The van der Waals surface area contributed by atoms with E-state index in [-0.39, 0.29) is 17.3 Å². The first kappa shape index (κ1) is 14.8. The van der Waals surface area contributed by atoms with E-state index in [1.165, 1.54) is 29.2 Å². The molecule has 1 aromatic carbocycles. The monoisotopic (exact) mass is 300 g/mol. The van der Waals surface area contributed by atoms with Gasteiger partial charge >= 0.3 is 6.03 Å². The van der Waals surface area contributed by atoms with Gasteiger partial charge in [-0.25, -0.2) is 17.6 Å². The highest BCUT2D eigenvalue weighted by atomic mass is 32.2. The Kier molecular flexibility index (Phi) is 3.73. The molecule has 1 fully saturated rings. The molecule has 20 heavy (non-hydrogen) atoms. The number of anilines is 1. The van der Waals surface area contributed by atoms with Crippen LogP contribution in [0.1, 0.15) is 13.3 Å². The van der Waals surface area contributed by atoms with Crippen LogP contribution in [0.3, 0.4) is 0 Å². The molecular weight excluding hydrogens is 283 g/mol. The Morgan fingerprint density at radius 3 is 2.45 bits per heavy atom. The van der Waals surface area contributed by atoms with Gasteiger partial charge in [0.2, 0.25) is 0 Å². The van der Waals surface area contributed by atoms with E-state index >= 15 is 0 Å². The number of carbonyl (C=O) groups is 1. The Balaban J connectivity index is 2.07. The topological polar surface area (TPSA) is 66.5 Å². The van der Waals surface area contributed by atoms with Crippen LogP contribution in [0, 0.1) is 5.82 Å². The first-order valence-corrected chi connectivity index (χ1v) is 8.05. The zero-order valence-corrected chi connectivity index (χ0v) is 12.2. The Morgan fingerprint density at radius 2 is 1.95 bits per heavy atom. The summed E-state index contributed by atoms with van der Waals surface area (Å²) in [6.07, 6.45) is 0.401. The van der Waals surface area contributed by atoms with Crippen LogP contribution in [0.15, 0.2) is 24.3 Å². The van der Waals surface area contributed by atoms with Crippen molar-refractivity contribution in [3.8, 4) is 0 Å². The maximum Gasteiger partial charge on any atom is 0.322 e. The number of benzene rings is 1. The summed E-state index contributed by atoms with van der Waals surface area (Å²) in [6.45, 7) is 1.72. The van der Waals surface area contributed by atoms with Gasteiger partial charge in [0.15, 0.2) is 9.84 Å². The Hall–Kier alpha value is -1.63. The van der Waals surface area contributed by atoms with Crippen molar-refractivity contribution in [1.29, 1.82) is 0 Å². The molecule has 0 saturated carbocycles. The Labute approximate surface area is 117 Å². The summed E-state index contributed by atoms with van der Waals surface area (Å²) in [5.41, 5.74) is -0.210. The number of urea groups is 1. The minimum Gasteiger partial charge on any atom is -0.331 e. The van der Waals surface area contributed by atoms with Gasteiger partial charge < -0.3 is 5.32 Å². The zero-order chi connectivity index (χ0) is 15.0. The molecule has 1 atom stereocenters. The number of sulfone groups is 1. The SMILES string of the molecule is CN(C(=O)N[C@]1(C)CCS(=O)(=O)C1)c1ccc(F)cc1. The highest BCUT2D eigenvalue weighted by Gasteiger charge is 2.40. The fourth-order valence-corrected chi connectivity index (χ4v) is 4.33. The molecule has 0 spiro atoms. The molecule has 0 unspecified atom stereocenters. The Morgan fingerprint density at radius 1 is 1.35 bits per heavy atom. The van der Waals surface area contributed by atoms with Gasteiger partial charge in [-0.05, 0) is 37.6 Å². The molecule has 0 radical (unpaired) electrons. The third kappa shape index (κ3) is 3.27. The summed E-state index contributed by atoms with van der Waals surface area (Å²) >= 11 is 0. The van der Waals surface area contributed by atoms with Crippen molar-refractivity contribution in [3.05, 3.63) is 30.1 Å². The molecule has 110 valence electrons. The van der Waals surface area contributed by atoms with Crippen molar-refractivity contribution in [2.24, 2.45) is 0 Å². The number of rotatable bonds is 2. The molecule has 1 aliphatic heterocycles. The molecular formula is C13H17FN2O3S. The number of hydrogen-bond acceptors (Lipinski definition) is 3. The van der Waals surface area contributed by atoms with Gasteiger partial charge in [0.1, 0.15) is 5.82 Å². The lowest BCUT2D eigenvalue weighted by molar-refractivity contribution is 0.237. The predicted octanol–water partition coefficient (Wildman–Crippen LogP) is 1.55. The Bertz CT molecular complexity index is 615.